The molecule has 1 aliphatic carbocycles. The van der Waals surface area contributed by atoms with E-state index in [2.05, 4.69) is 44.4 Å². The fraction of sp³-hybridized carbons (Fsp3) is 0.138. The van der Waals surface area contributed by atoms with Gasteiger partial charge in [0.1, 0.15) is 11.6 Å². The first-order valence-electron chi connectivity index (χ1n) is 11.5. The molecule has 0 amide bonds. The third-order valence-electron chi connectivity index (χ3n) is 6.57. The summed E-state index contributed by atoms with van der Waals surface area (Å²) in [5.74, 6) is -0.484. The van der Waals surface area contributed by atoms with Crippen LogP contribution in [-0.4, -0.2) is 10.1 Å². The van der Waals surface area contributed by atoms with Crippen molar-refractivity contribution >= 4 is 44.6 Å². The lowest BCUT2D eigenvalue weighted by molar-refractivity contribution is 0.457. The van der Waals surface area contributed by atoms with Crippen LogP contribution < -0.4 is 0 Å². The van der Waals surface area contributed by atoms with Gasteiger partial charge in [0.15, 0.2) is 5.17 Å². The molecule has 3 aromatic rings. The molecule has 3 aliphatic rings. The Bertz CT molecular complexity index is 1400. The molecule has 0 spiro atoms. The first kappa shape index (κ1) is 22.5. The lowest BCUT2D eigenvalue weighted by Gasteiger charge is -2.40. The first-order valence-corrected chi connectivity index (χ1v) is 13.2. The Morgan fingerprint density at radius 3 is 2.29 bits per heavy atom. The quantitative estimate of drug-likeness (QED) is 0.326. The summed E-state index contributed by atoms with van der Waals surface area (Å²) in [5, 5.41) is 3.07. The molecular weight excluding hydrogens is 526 g/mol. The van der Waals surface area contributed by atoms with Gasteiger partial charge in [0.05, 0.1) is 17.4 Å². The number of allylic oxidation sites excluding steroid dienone is 1. The maximum absolute atomic E-state index is 13.9. The molecule has 1 atom stereocenters. The Balaban J connectivity index is 1.48. The second-order valence-corrected chi connectivity index (χ2v) is 10.5. The molecule has 0 N–H and O–H groups in total. The Morgan fingerprint density at radius 2 is 1.57 bits per heavy atom. The van der Waals surface area contributed by atoms with Crippen LogP contribution in [0.3, 0.4) is 0 Å². The van der Waals surface area contributed by atoms with Crippen molar-refractivity contribution in [1.29, 1.82) is 0 Å². The molecule has 2 heterocycles. The number of thioether (sulfide) groups is 1. The molecule has 0 unspecified atom stereocenters. The van der Waals surface area contributed by atoms with Crippen LogP contribution in [0.1, 0.15) is 42.0 Å². The SMILES string of the molecule is Fc1ccc(/C=C2\CCCC3=C2N=C2SC=C(c4ccc(Br)cc4)N2[C@@H]3c2ccc(F)cc2)cc1. The van der Waals surface area contributed by atoms with Crippen LogP contribution >= 0.6 is 27.7 Å². The first-order chi connectivity index (χ1) is 17.1. The number of hydrogen-bond donors (Lipinski definition) is 0. The van der Waals surface area contributed by atoms with Gasteiger partial charge in [-0.15, -0.1) is 0 Å². The Labute approximate surface area is 215 Å². The second-order valence-electron chi connectivity index (χ2n) is 8.79. The third-order valence-corrected chi connectivity index (χ3v) is 7.94. The molecule has 0 saturated carbocycles. The van der Waals surface area contributed by atoms with Crippen molar-refractivity contribution in [3.05, 3.63) is 128 Å². The van der Waals surface area contributed by atoms with E-state index < -0.39 is 0 Å². The van der Waals surface area contributed by atoms with Crippen molar-refractivity contribution in [2.75, 3.05) is 0 Å². The van der Waals surface area contributed by atoms with Crippen molar-refractivity contribution in [1.82, 2.24) is 4.90 Å². The lowest BCUT2D eigenvalue weighted by atomic mass is 9.82. The summed E-state index contributed by atoms with van der Waals surface area (Å²) in [6.07, 6.45) is 4.97. The molecule has 35 heavy (non-hydrogen) atoms. The van der Waals surface area contributed by atoms with Gasteiger partial charge in [-0.25, -0.2) is 13.8 Å². The fourth-order valence-electron chi connectivity index (χ4n) is 4.95. The zero-order valence-corrected chi connectivity index (χ0v) is 21.1. The van der Waals surface area contributed by atoms with Gasteiger partial charge in [-0.1, -0.05) is 64.1 Å². The number of halogens is 3. The van der Waals surface area contributed by atoms with E-state index in [-0.39, 0.29) is 17.7 Å². The van der Waals surface area contributed by atoms with Crippen LogP contribution in [0.4, 0.5) is 8.78 Å². The normalized spacial score (nSPS) is 20.5. The van der Waals surface area contributed by atoms with E-state index in [1.165, 1.54) is 29.8 Å². The predicted octanol–water partition coefficient (Wildman–Crippen LogP) is 8.71. The van der Waals surface area contributed by atoms with Crippen LogP contribution in [-0.2, 0) is 0 Å². The zero-order valence-electron chi connectivity index (χ0n) is 18.7. The average Bonchev–Trinajstić information content (AvgIpc) is 3.29. The van der Waals surface area contributed by atoms with Gasteiger partial charge in [0.25, 0.3) is 0 Å². The van der Waals surface area contributed by atoms with Gasteiger partial charge >= 0.3 is 0 Å². The molecule has 6 rings (SSSR count). The van der Waals surface area contributed by atoms with Crippen LogP contribution in [0.25, 0.3) is 11.8 Å². The smallest absolute Gasteiger partial charge is 0.174 e. The summed E-state index contributed by atoms with van der Waals surface area (Å²) in [4.78, 5) is 7.45. The molecular formula is C29H21BrF2N2S. The fourth-order valence-corrected chi connectivity index (χ4v) is 6.14. The van der Waals surface area contributed by atoms with E-state index in [0.717, 1.165) is 62.6 Å². The zero-order chi connectivity index (χ0) is 23.9. The van der Waals surface area contributed by atoms with Crippen molar-refractivity contribution in [2.45, 2.75) is 25.3 Å². The molecule has 174 valence electrons. The number of rotatable bonds is 3. The highest BCUT2D eigenvalue weighted by Gasteiger charge is 2.40. The van der Waals surface area contributed by atoms with Gasteiger partial charge in [-0.2, -0.15) is 0 Å². The Kier molecular flexibility index (Phi) is 5.94. The molecule has 6 heteroatoms. The van der Waals surface area contributed by atoms with E-state index >= 15 is 0 Å². The van der Waals surface area contributed by atoms with Gasteiger partial charge in [-0.3, -0.25) is 0 Å². The van der Waals surface area contributed by atoms with Crippen LogP contribution in [0.5, 0.6) is 0 Å². The molecule has 0 bridgehead atoms. The summed E-state index contributed by atoms with van der Waals surface area (Å²) >= 11 is 5.15. The molecule has 3 aromatic carbocycles. The highest BCUT2D eigenvalue weighted by atomic mass is 79.9. The van der Waals surface area contributed by atoms with Gasteiger partial charge in [0.2, 0.25) is 0 Å². The van der Waals surface area contributed by atoms with E-state index in [4.69, 9.17) is 4.99 Å². The predicted molar refractivity (Wildman–Crippen MR) is 143 cm³/mol. The third kappa shape index (κ3) is 4.30. The van der Waals surface area contributed by atoms with Crippen LogP contribution in [0.15, 0.2) is 105 Å². The second kappa shape index (κ2) is 9.25. The lowest BCUT2D eigenvalue weighted by Crippen LogP contribution is -2.34. The number of hydrogen-bond acceptors (Lipinski definition) is 3. The van der Waals surface area contributed by atoms with Gasteiger partial charge in [-0.05, 0) is 89.6 Å². The number of aliphatic imine (C=N–C) groups is 1. The van der Waals surface area contributed by atoms with Crippen LogP contribution in [0, 0.1) is 11.6 Å². The van der Waals surface area contributed by atoms with Crippen molar-refractivity contribution in [3.8, 4) is 0 Å². The summed E-state index contributed by atoms with van der Waals surface area (Å²) in [5.41, 5.74) is 7.62. The van der Waals surface area contributed by atoms with Crippen LogP contribution in [0.2, 0.25) is 0 Å². The van der Waals surface area contributed by atoms with Gasteiger partial charge in [0, 0.05) is 9.88 Å². The number of nitrogens with zero attached hydrogens (tertiary/aromatic N) is 2. The number of benzene rings is 3. The Hall–Kier alpha value is -2.96. The van der Waals surface area contributed by atoms with Crippen molar-refractivity contribution < 1.29 is 8.78 Å². The molecule has 2 nitrogen and oxygen atoms in total. The van der Waals surface area contributed by atoms with E-state index in [9.17, 15) is 8.78 Å². The molecule has 2 aliphatic heterocycles. The standard InChI is InChI=1S/C29H21BrF2N2S/c30-22-10-6-19(7-11-22)26-17-35-29-33-27-21(16-18-4-12-23(31)13-5-18)2-1-3-25(27)28(34(26)29)20-8-14-24(32)15-9-20/h4-17,28H,1-3H2/b21-16+/t28-/m1/s1. The molecule has 0 saturated heterocycles. The molecule has 0 fully saturated rings. The number of fused-ring (bicyclic) bond motifs is 1. The van der Waals surface area contributed by atoms with Crippen molar-refractivity contribution in [2.24, 2.45) is 4.99 Å². The minimum absolute atomic E-state index is 0.0695. The summed E-state index contributed by atoms with van der Waals surface area (Å²) in [6.45, 7) is 0. The highest BCUT2D eigenvalue weighted by molar-refractivity contribution is 9.10. The molecule has 0 aromatic heterocycles. The maximum atomic E-state index is 13.9. The van der Waals surface area contributed by atoms with Gasteiger partial charge < -0.3 is 4.90 Å². The minimum Gasteiger partial charge on any atom is -0.308 e. The topological polar surface area (TPSA) is 15.6 Å². The van der Waals surface area contributed by atoms with Crippen molar-refractivity contribution in [3.63, 3.8) is 0 Å². The maximum Gasteiger partial charge on any atom is 0.174 e. The summed E-state index contributed by atoms with van der Waals surface area (Å²) in [7, 11) is 0. The number of amidine groups is 1. The summed E-state index contributed by atoms with van der Waals surface area (Å²) in [6, 6.07) is 21.6. The summed E-state index contributed by atoms with van der Waals surface area (Å²) < 4.78 is 28.3. The monoisotopic (exact) mass is 546 g/mol. The minimum atomic E-state index is -0.243. The van der Waals surface area contributed by atoms with E-state index in [0.29, 0.717) is 0 Å². The Morgan fingerprint density at radius 1 is 0.886 bits per heavy atom. The van der Waals surface area contributed by atoms with E-state index in [1.54, 1.807) is 23.9 Å². The largest absolute Gasteiger partial charge is 0.308 e. The van der Waals surface area contributed by atoms with E-state index in [1.807, 2.05) is 24.3 Å². The average molecular weight is 547 g/mol. The highest BCUT2D eigenvalue weighted by Crippen LogP contribution is 2.51. The molecule has 0 radical (unpaired) electrons.